The van der Waals surface area contributed by atoms with E-state index in [0.29, 0.717) is 72.8 Å². The molecule has 0 bridgehead atoms. The zero-order valence-corrected chi connectivity index (χ0v) is 52.1. The second-order valence-corrected chi connectivity index (χ2v) is 22.5. The molecule has 8 aromatic rings. The number of nitro benzene ring substituents is 1. The van der Waals surface area contributed by atoms with Crippen molar-refractivity contribution in [3.8, 4) is 35.2 Å². The van der Waals surface area contributed by atoms with Gasteiger partial charge in [0.2, 0.25) is 0 Å². The normalized spacial score (nSPS) is 12.6. The van der Waals surface area contributed by atoms with Crippen molar-refractivity contribution >= 4 is 69.9 Å². The Hall–Kier alpha value is -11.4. The van der Waals surface area contributed by atoms with E-state index in [1.807, 2.05) is 70.5 Å². The average Bonchev–Trinajstić information content (AvgIpc) is 1.64. The topological polar surface area (TPSA) is 278 Å². The predicted octanol–water partition coefficient (Wildman–Crippen LogP) is 13.9. The van der Waals surface area contributed by atoms with Crippen LogP contribution in [0.4, 0.5) is 28.4 Å². The van der Waals surface area contributed by atoms with Crippen LogP contribution in [0.1, 0.15) is 88.7 Å². The zero-order valence-electron chi connectivity index (χ0n) is 51.3. The molecule has 3 aromatic heterocycles. The molecule has 0 atom stereocenters. The Morgan fingerprint density at radius 1 is 0.717 bits per heavy atom. The predicted molar refractivity (Wildman–Crippen MR) is 350 cm³/mol. The van der Waals surface area contributed by atoms with Gasteiger partial charge in [-0.2, -0.15) is 20.9 Å². The third kappa shape index (κ3) is 17.3. The standard InChI is InChI=1S/C69H66N14O8S/c1-5-79(6-2)55-26-21-49(22-27-55)23-31-58-43-59(65(92-58)34-32-61-60(46-72)66(52(44-70)45-71)91-69(61,3)4)63-48-82(78-76-63)36-14-13-35-81-47-54(74-77-81)20-15-39-88-64-42-57(83(86)87)30-33-62(64)75-73-53-24-28-56(29-25-53)80(37-40-89-67(84)50-16-9-7-10-17-50)38-41-90-68(85)51-18-11-8-12-19-51/h7-12,16-19,21-34,42-43,47-48H,5-6,13-15,20,35-41H2,1-4H3/b31-23+,34-32+,75-73?. The highest BCUT2D eigenvalue weighted by molar-refractivity contribution is 7.14. The van der Waals surface area contributed by atoms with Gasteiger partial charge in [-0.25, -0.2) is 9.59 Å². The summed E-state index contributed by atoms with van der Waals surface area (Å²) < 4.78 is 26.8. The molecule has 1 aliphatic rings. The van der Waals surface area contributed by atoms with Crippen molar-refractivity contribution in [3.63, 3.8) is 0 Å². The number of carbonyl (C=O) groups is 2. The molecule has 22 nitrogen and oxygen atoms in total. The number of nitrogens with zero attached hydrogens (tertiary/aromatic N) is 14. The van der Waals surface area contributed by atoms with Gasteiger partial charge in [-0.15, -0.1) is 26.6 Å². The van der Waals surface area contributed by atoms with Crippen molar-refractivity contribution in [2.75, 3.05) is 55.8 Å². The fourth-order valence-electron chi connectivity index (χ4n) is 9.95. The van der Waals surface area contributed by atoms with Crippen LogP contribution >= 0.6 is 11.3 Å². The molecule has 0 aliphatic carbocycles. The quantitative estimate of drug-likeness (QED) is 0.0101. The Bertz CT molecular complexity index is 4090. The number of aryl methyl sites for hydroxylation is 3. The molecule has 0 fully saturated rings. The number of anilines is 2. The zero-order chi connectivity index (χ0) is 64.8. The average molecular weight is 1250 g/mol. The summed E-state index contributed by atoms with van der Waals surface area (Å²) in [7, 11) is 0. The summed E-state index contributed by atoms with van der Waals surface area (Å²) in [6.07, 6.45) is 14.3. The molecule has 0 unspecified atom stereocenters. The first-order valence-corrected chi connectivity index (χ1v) is 30.7. The molecule has 1 aliphatic heterocycles. The molecule has 466 valence electrons. The summed E-state index contributed by atoms with van der Waals surface area (Å²) >= 11 is 1.55. The minimum absolute atomic E-state index is 0.0253. The maximum atomic E-state index is 12.7. The number of non-ortho nitro benzene ring substituents is 1. The SMILES string of the molecule is CCN(CC)c1ccc(/C=C/c2cc(-c3cn(CCCCn4cc(CCCOc5cc([N+](=O)[O-])ccc5N=Nc5ccc(N(CCOC(=O)c6ccccc6)CCOC(=O)c6ccccc6)cc5)nn4)nn3)c(/C=C/C3=C(C#N)C(=C(C#N)C#N)OC3(C)C)s2)cc1. The number of esters is 2. The largest absolute Gasteiger partial charge is 0.491 e. The summed E-state index contributed by atoms with van der Waals surface area (Å²) in [6.45, 7) is 11.9. The van der Waals surface area contributed by atoms with E-state index in [2.05, 4.69) is 98.2 Å². The number of aromatic nitrogens is 6. The molecule has 9 rings (SSSR count). The smallest absolute Gasteiger partial charge is 0.338 e. The van der Waals surface area contributed by atoms with Crippen LogP contribution in [0.15, 0.2) is 185 Å². The van der Waals surface area contributed by atoms with Crippen molar-refractivity contribution in [2.45, 2.75) is 72.1 Å². The molecule has 92 heavy (non-hydrogen) atoms. The van der Waals surface area contributed by atoms with E-state index < -0.39 is 22.5 Å². The highest BCUT2D eigenvalue weighted by Gasteiger charge is 2.39. The number of unbranched alkanes of at least 4 members (excludes halogenated alkanes) is 1. The van der Waals surface area contributed by atoms with Gasteiger partial charge < -0.3 is 28.7 Å². The number of hydrogen-bond acceptors (Lipinski definition) is 20. The molecular weight excluding hydrogens is 1180 g/mol. The maximum absolute atomic E-state index is 12.7. The van der Waals surface area contributed by atoms with Crippen LogP contribution in [-0.2, 0) is 33.7 Å². The van der Waals surface area contributed by atoms with E-state index >= 15 is 0 Å². The lowest BCUT2D eigenvalue weighted by Crippen LogP contribution is -2.32. The number of carbonyl (C=O) groups excluding carboxylic acids is 2. The van der Waals surface area contributed by atoms with Gasteiger partial charge in [-0.05, 0) is 144 Å². The Labute approximate surface area is 536 Å². The number of azo groups is 1. The lowest BCUT2D eigenvalue weighted by atomic mass is 9.94. The van der Waals surface area contributed by atoms with Crippen LogP contribution in [0, 0.1) is 44.1 Å². The Balaban J connectivity index is 0.786. The number of allylic oxidation sites excluding steroid dienone is 2. The number of nitriles is 3. The van der Waals surface area contributed by atoms with Crippen LogP contribution in [0.25, 0.3) is 29.5 Å². The fraction of sp³-hybridized carbons (Fsp3) is 0.261. The van der Waals surface area contributed by atoms with E-state index in [4.69, 9.17) is 18.9 Å². The first kappa shape index (κ1) is 65.1. The van der Waals surface area contributed by atoms with E-state index in [1.165, 1.54) is 18.2 Å². The molecule has 5 aromatic carbocycles. The van der Waals surface area contributed by atoms with Crippen molar-refractivity contribution in [3.05, 3.63) is 217 Å². The van der Waals surface area contributed by atoms with Crippen molar-refractivity contribution in [1.82, 2.24) is 30.0 Å². The van der Waals surface area contributed by atoms with Crippen LogP contribution in [-0.4, -0.2) is 98.5 Å². The van der Waals surface area contributed by atoms with Crippen molar-refractivity contribution in [1.29, 1.82) is 15.8 Å². The van der Waals surface area contributed by atoms with E-state index in [0.717, 1.165) is 63.9 Å². The third-order valence-corrected chi connectivity index (χ3v) is 15.9. The van der Waals surface area contributed by atoms with Gasteiger partial charge in [0.15, 0.2) is 17.1 Å². The number of benzene rings is 5. The van der Waals surface area contributed by atoms with Crippen LogP contribution < -0.4 is 14.5 Å². The highest BCUT2D eigenvalue weighted by Crippen LogP contribution is 2.42. The van der Waals surface area contributed by atoms with Gasteiger partial charge in [0.25, 0.3) is 5.69 Å². The molecule has 0 amide bonds. The summed E-state index contributed by atoms with van der Waals surface area (Å²) in [4.78, 5) is 42.7. The highest BCUT2D eigenvalue weighted by atomic mass is 32.1. The van der Waals surface area contributed by atoms with Gasteiger partial charge in [-0.3, -0.25) is 19.5 Å². The molecule has 23 heteroatoms. The molecule has 0 N–H and O–H groups in total. The summed E-state index contributed by atoms with van der Waals surface area (Å²) in [5.41, 5.74) is 6.14. The van der Waals surface area contributed by atoms with Gasteiger partial charge in [0.05, 0.1) is 59.4 Å². The van der Waals surface area contributed by atoms with E-state index in [9.17, 15) is 35.5 Å². The van der Waals surface area contributed by atoms with Crippen LogP contribution in [0.3, 0.4) is 0 Å². The first-order chi connectivity index (χ1) is 44.7. The number of nitro groups is 1. The summed E-state index contributed by atoms with van der Waals surface area (Å²) in [5, 5.41) is 67.8. The van der Waals surface area contributed by atoms with Gasteiger partial charge in [0.1, 0.15) is 54.0 Å². The molecule has 0 spiro atoms. The summed E-state index contributed by atoms with van der Waals surface area (Å²) in [5.74, 6) is -0.742. The van der Waals surface area contributed by atoms with Crippen molar-refractivity contribution in [2.24, 2.45) is 10.2 Å². The number of hydrogen-bond donors (Lipinski definition) is 0. The van der Waals surface area contributed by atoms with Gasteiger partial charge in [-0.1, -0.05) is 71.1 Å². The number of thiophene rings is 1. The van der Waals surface area contributed by atoms with E-state index in [1.54, 1.807) is 90.5 Å². The number of rotatable bonds is 30. The first-order valence-electron chi connectivity index (χ1n) is 29.9. The Morgan fingerprint density at radius 3 is 1.96 bits per heavy atom. The van der Waals surface area contributed by atoms with Gasteiger partial charge >= 0.3 is 11.9 Å². The van der Waals surface area contributed by atoms with E-state index in [-0.39, 0.29) is 48.2 Å². The molecule has 4 heterocycles. The van der Waals surface area contributed by atoms with Crippen molar-refractivity contribution < 1.29 is 33.5 Å². The Morgan fingerprint density at radius 2 is 1.34 bits per heavy atom. The minimum Gasteiger partial charge on any atom is -0.491 e. The third-order valence-electron chi connectivity index (χ3n) is 14.8. The lowest BCUT2D eigenvalue weighted by molar-refractivity contribution is -0.384. The van der Waals surface area contributed by atoms with Gasteiger partial charge in [0, 0.05) is 70.7 Å². The van der Waals surface area contributed by atoms with Crippen LogP contribution in [0.2, 0.25) is 0 Å². The molecule has 0 saturated heterocycles. The Kier molecular flexibility index (Phi) is 22.4. The molecule has 0 saturated carbocycles. The maximum Gasteiger partial charge on any atom is 0.338 e. The monoisotopic (exact) mass is 1250 g/mol. The fourth-order valence-corrected chi connectivity index (χ4v) is 10.9. The minimum atomic E-state index is -0.983. The molecule has 0 radical (unpaired) electrons. The lowest BCUT2D eigenvalue weighted by Gasteiger charge is -2.24. The van der Waals surface area contributed by atoms with Crippen LogP contribution in [0.5, 0.6) is 5.75 Å². The number of ether oxygens (including phenoxy) is 4. The molecular formula is C69H66N14O8S. The summed E-state index contributed by atoms with van der Waals surface area (Å²) in [6, 6.07) is 45.0. The second-order valence-electron chi connectivity index (χ2n) is 21.4. The second kappa shape index (κ2) is 31.7.